The van der Waals surface area contributed by atoms with Gasteiger partial charge in [0.05, 0.1) is 6.61 Å². The van der Waals surface area contributed by atoms with E-state index in [9.17, 15) is 4.79 Å². The minimum Gasteiger partial charge on any atom is -0.406 e. The summed E-state index contributed by atoms with van der Waals surface area (Å²) >= 11 is 0. The van der Waals surface area contributed by atoms with Gasteiger partial charge in [-0.15, -0.1) is 0 Å². The van der Waals surface area contributed by atoms with Crippen molar-refractivity contribution in [2.24, 2.45) is 0 Å². The van der Waals surface area contributed by atoms with E-state index in [1.165, 1.54) is 10.4 Å². The largest absolute Gasteiger partial charge is 0.406 e. The molecule has 2 aromatic rings. The Kier molecular flexibility index (Phi) is 7.77. The quantitative estimate of drug-likeness (QED) is 0.515. The van der Waals surface area contributed by atoms with Crippen LogP contribution < -0.4 is 15.7 Å². The summed E-state index contributed by atoms with van der Waals surface area (Å²) in [5.74, 6) is -0.0462. The summed E-state index contributed by atoms with van der Waals surface area (Å²) in [6.45, 7) is 7.66. The molecule has 0 radical (unpaired) electrons. The van der Waals surface area contributed by atoms with Crippen molar-refractivity contribution in [3.05, 3.63) is 60.7 Å². The maximum Gasteiger partial charge on any atom is 0.261 e. The van der Waals surface area contributed by atoms with Crippen molar-refractivity contribution in [2.75, 3.05) is 19.8 Å². The van der Waals surface area contributed by atoms with Crippen LogP contribution in [0.5, 0.6) is 0 Å². The molecule has 0 bridgehead atoms. The van der Waals surface area contributed by atoms with Crippen molar-refractivity contribution in [3.8, 4) is 0 Å². The average molecular weight is 386 g/mol. The highest BCUT2D eigenvalue weighted by molar-refractivity contribution is 6.99. The normalized spacial score (nSPS) is 12.0. The van der Waals surface area contributed by atoms with Crippen LogP contribution in [-0.2, 0) is 9.22 Å². The summed E-state index contributed by atoms with van der Waals surface area (Å²) in [5, 5.41) is 14.1. The van der Waals surface area contributed by atoms with Crippen molar-refractivity contribution >= 4 is 24.6 Å². The second-order valence-electron chi connectivity index (χ2n) is 7.69. The van der Waals surface area contributed by atoms with E-state index in [1.807, 2.05) is 12.1 Å². The molecule has 0 aliphatic carbocycles. The zero-order chi connectivity index (χ0) is 19.8. The van der Waals surface area contributed by atoms with Gasteiger partial charge in [-0.25, -0.2) is 0 Å². The molecule has 0 heterocycles. The van der Waals surface area contributed by atoms with Gasteiger partial charge in [-0.05, 0) is 21.8 Å². The minimum absolute atomic E-state index is 0.0337. The van der Waals surface area contributed by atoms with Crippen LogP contribution in [0.1, 0.15) is 33.6 Å². The Morgan fingerprint density at radius 2 is 1.52 bits per heavy atom. The first-order valence-electron chi connectivity index (χ1n) is 9.54. The van der Waals surface area contributed by atoms with Gasteiger partial charge in [0, 0.05) is 19.6 Å². The Bertz CT molecular complexity index is 659. The minimum atomic E-state index is -2.54. The molecule has 2 N–H and O–H groups in total. The summed E-state index contributed by atoms with van der Waals surface area (Å²) in [5.41, 5.74) is 0. The van der Waals surface area contributed by atoms with Crippen LogP contribution in [0, 0.1) is 0 Å². The highest BCUT2D eigenvalue weighted by Crippen LogP contribution is 2.36. The number of nitrogens with one attached hydrogen (secondary N) is 1. The molecule has 1 amide bonds. The molecule has 0 saturated heterocycles. The van der Waals surface area contributed by atoms with E-state index >= 15 is 0 Å². The molecule has 146 valence electrons. The van der Waals surface area contributed by atoms with Gasteiger partial charge in [-0.3, -0.25) is 4.79 Å². The van der Waals surface area contributed by atoms with Gasteiger partial charge in [0.15, 0.2) is 0 Å². The molecule has 0 fully saturated rings. The summed E-state index contributed by atoms with van der Waals surface area (Å²) in [6, 6.07) is 20.9. The molecule has 0 aliphatic heterocycles. The third-order valence-corrected chi connectivity index (χ3v) is 9.76. The molecule has 0 spiro atoms. The van der Waals surface area contributed by atoms with Gasteiger partial charge in [0.25, 0.3) is 8.32 Å². The number of aliphatic hydroxyl groups excluding tert-OH is 1. The number of amides is 1. The van der Waals surface area contributed by atoms with Crippen molar-refractivity contribution in [3.63, 3.8) is 0 Å². The van der Waals surface area contributed by atoms with E-state index < -0.39 is 8.32 Å². The lowest BCUT2D eigenvalue weighted by Gasteiger charge is -2.43. The standard InChI is InChI=1S/C22H31NO3Si/c1-22(2,3)27(19-11-6-4-7-12-19,20-13-8-5-9-14-20)26-18-16-23-21(25)15-10-17-24/h4-9,11-14,24H,10,15-18H2,1-3H3,(H,23,25). The van der Waals surface area contributed by atoms with E-state index in [1.54, 1.807) is 0 Å². The molecule has 27 heavy (non-hydrogen) atoms. The first kappa shape index (κ1) is 21.3. The van der Waals surface area contributed by atoms with Crippen molar-refractivity contribution < 1.29 is 14.3 Å². The first-order chi connectivity index (χ1) is 12.9. The summed E-state index contributed by atoms with van der Waals surface area (Å²) in [4.78, 5) is 11.8. The molecule has 0 aromatic heterocycles. The molecule has 4 nitrogen and oxygen atoms in total. The molecular weight excluding hydrogens is 354 g/mol. The van der Waals surface area contributed by atoms with Gasteiger partial charge in [0.1, 0.15) is 0 Å². The number of hydrogen-bond donors (Lipinski definition) is 2. The molecular formula is C22H31NO3Si. The lowest BCUT2D eigenvalue weighted by Crippen LogP contribution is -2.67. The molecule has 2 rings (SSSR count). The molecule has 0 aliphatic rings. The van der Waals surface area contributed by atoms with Crippen LogP contribution >= 0.6 is 0 Å². The maximum atomic E-state index is 11.8. The smallest absolute Gasteiger partial charge is 0.261 e. The Labute approximate surface area is 163 Å². The summed E-state index contributed by atoms with van der Waals surface area (Å²) in [7, 11) is -2.54. The fourth-order valence-corrected chi connectivity index (χ4v) is 8.05. The zero-order valence-corrected chi connectivity index (χ0v) is 17.6. The highest BCUT2D eigenvalue weighted by Gasteiger charge is 2.49. The molecule has 5 heteroatoms. The molecule has 0 saturated carbocycles. The second kappa shape index (κ2) is 9.83. The predicted octanol–water partition coefficient (Wildman–Crippen LogP) is 2.45. The maximum absolute atomic E-state index is 11.8. The fraction of sp³-hybridized carbons (Fsp3) is 0.409. The third kappa shape index (κ3) is 5.28. The molecule has 0 unspecified atom stereocenters. The number of hydrogen-bond acceptors (Lipinski definition) is 3. The second-order valence-corrected chi connectivity index (χ2v) is 12.0. The van der Waals surface area contributed by atoms with Crippen molar-refractivity contribution in [1.82, 2.24) is 5.32 Å². The van der Waals surface area contributed by atoms with Crippen molar-refractivity contribution in [1.29, 1.82) is 0 Å². The van der Waals surface area contributed by atoms with E-state index in [0.29, 0.717) is 26.0 Å². The van der Waals surface area contributed by atoms with E-state index in [0.717, 1.165) is 0 Å². The Balaban J connectivity index is 2.26. The molecule has 2 aromatic carbocycles. The number of rotatable bonds is 9. The van der Waals surface area contributed by atoms with Crippen LogP contribution in [-0.4, -0.2) is 39.1 Å². The van der Waals surface area contributed by atoms with Gasteiger partial charge in [0.2, 0.25) is 5.91 Å². The SMILES string of the molecule is CC(C)(C)[Si](OCCNC(=O)CCCO)(c1ccccc1)c1ccccc1. The van der Waals surface area contributed by atoms with Crippen molar-refractivity contribution in [2.45, 2.75) is 38.7 Å². The Morgan fingerprint density at radius 1 is 1.00 bits per heavy atom. The summed E-state index contributed by atoms with van der Waals surface area (Å²) in [6.07, 6.45) is 0.830. The van der Waals surface area contributed by atoms with E-state index in [4.69, 9.17) is 9.53 Å². The number of carbonyl (C=O) groups is 1. The lowest BCUT2D eigenvalue weighted by atomic mass is 10.2. The number of aliphatic hydroxyl groups is 1. The van der Waals surface area contributed by atoms with E-state index in [-0.39, 0.29) is 17.6 Å². The van der Waals surface area contributed by atoms with Crippen LogP contribution in [0.4, 0.5) is 0 Å². The molecule has 0 atom stereocenters. The zero-order valence-electron chi connectivity index (χ0n) is 16.6. The lowest BCUT2D eigenvalue weighted by molar-refractivity contribution is -0.121. The van der Waals surface area contributed by atoms with Crippen LogP contribution in [0.15, 0.2) is 60.7 Å². The number of benzene rings is 2. The van der Waals surface area contributed by atoms with Gasteiger partial charge in [-0.1, -0.05) is 81.4 Å². The third-order valence-electron chi connectivity index (χ3n) is 4.72. The monoisotopic (exact) mass is 385 g/mol. The van der Waals surface area contributed by atoms with Gasteiger partial charge in [-0.2, -0.15) is 0 Å². The van der Waals surface area contributed by atoms with Gasteiger partial charge < -0.3 is 14.8 Å². The van der Waals surface area contributed by atoms with E-state index in [2.05, 4.69) is 74.6 Å². The first-order valence-corrected chi connectivity index (χ1v) is 11.4. The van der Waals surface area contributed by atoms with Crippen LogP contribution in [0.3, 0.4) is 0 Å². The van der Waals surface area contributed by atoms with Crippen LogP contribution in [0.25, 0.3) is 0 Å². The number of carbonyl (C=O) groups excluding carboxylic acids is 1. The Morgan fingerprint density at radius 3 is 1.96 bits per heavy atom. The average Bonchev–Trinajstić information content (AvgIpc) is 2.67. The summed E-state index contributed by atoms with van der Waals surface area (Å²) < 4.78 is 6.70. The van der Waals surface area contributed by atoms with Crippen LogP contribution in [0.2, 0.25) is 5.04 Å². The predicted molar refractivity (Wildman–Crippen MR) is 113 cm³/mol. The topological polar surface area (TPSA) is 58.6 Å². The Hall–Kier alpha value is -1.95. The van der Waals surface area contributed by atoms with Gasteiger partial charge >= 0.3 is 0 Å². The highest BCUT2D eigenvalue weighted by atomic mass is 28.4. The fourth-order valence-electron chi connectivity index (χ4n) is 3.48.